The Hall–Kier alpha value is -2.85. The second-order valence-corrected chi connectivity index (χ2v) is 9.45. The Labute approximate surface area is 198 Å². The molecule has 0 aliphatic carbocycles. The van der Waals surface area contributed by atoms with Gasteiger partial charge in [0.2, 0.25) is 0 Å². The molecule has 0 atom stereocenters. The molecule has 4 heteroatoms. The van der Waals surface area contributed by atoms with Crippen molar-refractivity contribution in [3.05, 3.63) is 101 Å². The topological polar surface area (TPSA) is 25.4 Å². The molecule has 0 radical (unpaired) electrons. The number of fused-ring (bicyclic) bond motifs is 1. The van der Waals surface area contributed by atoms with Crippen LogP contribution >= 0.6 is 15.9 Å². The van der Waals surface area contributed by atoms with Crippen molar-refractivity contribution in [3.8, 4) is 5.75 Å². The van der Waals surface area contributed by atoms with Crippen LogP contribution in [0.1, 0.15) is 24.0 Å². The van der Waals surface area contributed by atoms with Gasteiger partial charge in [-0.15, -0.1) is 0 Å². The van der Waals surface area contributed by atoms with E-state index < -0.39 is 0 Å². The Morgan fingerprint density at radius 2 is 1.59 bits per heavy atom. The lowest BCUT2D eigenvalue weighted by atomic mass is 9.90. The van der Waals surface area contributed by atoms with E-state index >= 15 is 0 Å². The van der Waals surface area contributed by atoms with Gasteiger partial charge in [-0.2, -0.15) is 0 Å². The zero-order chi connectivity index (χ0) is 21.8. The zero-order valence-corrected chi connectivity index (χ0v) is 19.7. The molecule has 0 amide bonds. The largest absolute Gasteiger partial charge is 0.487 e. The van der Waals surface area contributed by atoms with Gasteiger partial charge in [0.05, 0.1) is 0 Å². The molecule has 0 saturated carbocycles. The molecule has 5 rings (SSSR count). The monoisotopic (exact) mass is 486 g/mol. The number of halogens is 1. The number of ether oxygens (including phenoxy) is 1. The lowest BCUT2D eigenvalue weighted by Gasteiger charge is -2.33. The van der Waals surface area contributed by atoms with E-state index in [1.165, 1.54) is 24.8 Å². The molecular formula is C28H27BrN2O. The Balaban J connectivity index is 1.28. The number of hydrogen-bond donors (Lipinski definition) is 0. The maximum Gasteiger partial charge on any atom is 0.146 e. The van der Waals surface area contributed by atoms with Crippen molar-refractivity contribution in [1.82, 2.24) is 4.98 Å². The highest BCUT2D eigenvalue weighted by molar-refractivity contribution is 9.10. The van der Waals surface area contributed by atoms with Crippen LogP contribution in [0.5, 0.6) is 5.75 Å². The first kappa shape index (κ1) is 21.0. The molecule has 3 nitrogen and oxygen atoms in total. The van der Waals surface area contributed by atoms with Crippen LogP contribution in [0.4, 0.5) is 5.82 Å². The standard InChI is InChI=1S/C28H27BrN2O/c29-25-12-9-23(10-13-25)20-32-26-8-4-7-24-11-14-27(30-28(24)26)31-17-15-22(16-18-31)19-21-5-2-1-3-6-21/h1-14,22H,15-20H2. The van der Waals surface area contributed by atoms with Crippen molar-refractivity contribution in [3.63, 3.8) is 0 Å². The lowest BCUT2D eigenvalue weighted by Crippen LogP contribution is -2.34. The third-order valence-corrected chi connectivity index (χ3v) is 6.81. The summed E-state index contributed by atoms with van der Waals surface area (Å²) in [7, 11) is 0. The minimum Gasteiger partial charge on any atom is -0.487 e. The molecule has 0 spiro atoms. The minimum atomic E-state index is 0.531. The molecule has 2 heterocycles. The van der Waals surface area contributed by atoms with Gasteiger partial charge in [0.1, 0.15) is 23.7 Å². The zero-order valence-electron chi connectivity index (χ0n) is 18.1. The molecule has 4 aromatic rings. The number of rotatable bonds is 6. The van der Waals surface area contributed by atoms with Gasteiger partial charge in [0.15, 0.2) is 0 Å². The highest BCUT2D eigenvalue weighted by Gasteiger charge is 2.21. The number of para-hydroxylation sites is 1. The van der Waals surface area contributed by atoms with E-state index in [0.29, 0.717) is 6.61 Å². The number of nitrogens with zero attached hydrogens (tertiary/aromatic N) is 2. The summed E-state index contributed by atoms with van der Waals surface area (Å²) in [6, 6.07) is 29.6. The maximum atomic E-state index is 6.17. The van der Waals surface area contributed by atoms with Gasteiger partial charge < -0.3 is 9.64 Å². The van der Waals surface area contributed by atoms with E-state index in [1.807, 2.05) is 24.3 Å². The van der Waals surface area contributed by atoms with Gasteiger partial charge in [-0.05, 0) is 66.6 Å². The molecule has 1 aliphatic heterocycles. The molecule has 1 fully saturated rings. The quantitative estimate of drug-likeness (QED) is 0.292. The summed E-state index contributed by atoms with van der Waals surface area (Å²) in [5.41, 5.74) is 3.53. The van der Waals surface area contributed by atoms with Crippen molar-refractivity contribution in [2.24, 2.45) is 5.92 Å². The number of anilines is 1. The summed E-state index contributed by atoms with van der Waals surface area (Å²) in [6.45, 7) is 2.64. The average Bonchev–Trinajstić information content (AvgIpc) is 2.84. The second-order valence-electron chi connectivity index (χ2n) is 8.53. The average molecular weight is 487 g/mol. The van der Waals surface area contributed by atoms with Gasteiger partial charge in [-0.1, -0.05) is 70.5 Å². The number of aromatic nitrogens is 1. The molecule has 1 saturated heterocycles. The summed E-state index contributed by atoms with van der Waals surface area (Å²) in [5, 5.41) is 1.11. The highest BCUT2D eigenvalue weighted by Crippen LogP contribution is 2.30. The van der Waals surface area contributed by atoms with Crippen LogP contribution in [0.15, 0.2) is 89.4 Å². The molecular weight excluding hydrogens is 460 g/mol. The SMILES string of the molecule is Brc1ccc(COc2cccc3ccc(N4CCC(Cc5ccccc5)CC4)nc23)cc1. The van der Waals surface area contributed by atoms with Gasteiger partial charge >= 0.3 is 0 Å². The number of pyridine rings is 1. The minimum absolute atomic E-state index is 0.531. The van der Waals surface area contributed by atoms with Crippen molar-refractivity contribution < 1.29 is 4.74 Å². The lowest BCUT2D eigenvalue weighted by molar-refractivity contribution is 0.309. The molecule has 3 aromatic carbocycles. The maximum absolute atomic E-state index is 6.17. The molecule has 162 valence electrons. The molecule has 1 aliphatic rings. The number of benzene rings is 3. The summed E-state index contributed by atoms with van der Waals surface area (Å²) in [5.74, 6) is 2.64. The number of piperidine rings is 1. The fourth-order valence-electron chi connectivity index (χ4n) is 4.46. The predicted octanol–water partition coefficient (Wildman–Crippen LogP) is 7.04. The van der Waals surface area contributed by atoms with E-state index in [9.17, 15) is 0 Å². The first-order valence-corrected chi connectivity index (χ1v) is 12.1. The van der Waals surface area contributed by atoms with Gasteiger partial charge in [-0.3, -0.25) is 0 Å². The summed E-state index contributed by atoms with van der Waals surface area (Å²) in [6.07, 6.45) is 3.58. The van der Waals surface area contributed by atoms with Crippen molar-refractivity contribution in [2.45, 2.75) is 25.9 Å². The van der Waals surface area contributed by atoms with Crippen molar-refractivity contribution in [1.29, 1.82) is 0 Å². The van der Waals surface area contributed by atoms with Crippen LogP contribution in [0, 0.1) is 5.92 Å². The van der Waals surface area contributed by atoms with Gasteiger partial charge in [-0.25, -0.2) is 4.98 Å². The van der Waals surface area contributed by atoms with Crippen molar-refractivity contribution in [2.75, 3.05) is 18.0 Å². The van der Waals surface area contributed by atoms with E-state index in [-0.39, 0.29) is 0 Å². The fraction of sp³-hybridized carbons (Fsp3) is 0.250. The van der Waals surface area contributed by atoms with Crippen LogP contribution in [0.3, 0.4) is 0 Å². The first-order valence-electron chi connectivity index (χ1n) is 11.3. The molecule has 1 aromatic heterocycles. The van der Waals surface area contributed by atoms with Gasteiger partial charge in [0.25, 0.3) is 0 Å². The highest BCUT2D eigenvalue weighted by atomic mass is 79.9. The number of hydrogen-bond acceptors (Lipinski definition) is 3. The Morgan fingerprint density at radius 1 is 0.812 bits per heavy atom. The van der Waals surface area contributed by atoms with E-state index in [4.69, 9.17) is 9.72 Å². The van der Waals surface area contributed by atoms with Crippen LogP contribution < -0.4 is 9.64 Å². The third-order valence-electron chi connectivity index (χ3n) is 6.28. The van der Waals surface area contributed by atoms with Gasteiger partial charge in [0, 0.05) is 22.9 Å². The summed E-state index contributed by atoms with van der Waals surface area (Å²) >= 11 is 3.48. The van der Waals surface area contributed by atoms with E-state index in [2.05, 4.69) is 81.5 Å². The van der Waals surface area contributed by atoms with Crippen molar-refractivity contribution >= 4 is 32.7 Å². The van der Waals surface area contributed by atoms with Crippen LogP contribution in [-0.2, 0) is 13.0 Å². The van der Waals surface area contributed by atoms with E-state index in [0.717, 1.165) is 51.5 Å². The normalized spacial score (nSPS) is 14.6. The Kier molecular flexibility index (Phi) is 6.40. The summed E-state index contributed by atoms with van der Waals surface area (Å²) < 4.78 is 7.25. The predicted molar refractivity (Wildman–Crippen MR) is 135 cm³/mol. The smallest absolute Gasteiger partial charge is 0.146 e. The first-order chi connectivity index (χ1) is 15.7. The summed E-state index contributed by atoms with van der Waals surface area (Å²) in [4.78, 5) is 7.45. The van der Waals surface area contributed by atoms with Crippen LogP contribution in [0.2, 0.25) is 0 Å². The third kappa shape index (κ3) is 4.97. The van der Waals surface area contributed by atoms with Crippen LogP contribution in [0.25, 0.3) is 10.9 Å². The second kappa shape index (κ2) is 9.74. The Bertz CT molecular complexity index is 1170. The molecule has 0 N–H and O–H groups in total. The Morgan fingerprint density at radius 3 is 2.38 bits per heavy atom. The molecule has 0 bridgehead atoms. The van der Waals surface area contributed by atoms with E-state index in [1.54, 1.807) is 0 Å². The molecule has 32 heavy (non-hydrogen) atoms. The fourth-order valence-corrected chi connectivity index (χ4v) is 4.72. The molecule has 0 unspecified atom stereocenters. The van der Waals surface area contributed by atoms with Crippen LogP contribution in [-0.4, -0.2) is 18.1 Å².